The van der Waals surface area contributed by atoms with Crippen LogP contribution in [0.5, 0.6) is 0 Å². The van der Waals surface area contributed by atoms with E-state index in [1.54, 1.807) is 0 Å². The van der Waals surface area contributed by atoms with E-state index in [1.165, 1.54) is 0 Å². The quantitative estimate of drug-likeness (QED) is 0.105. The second-order valence-corrected chi connectivity index (χ2v) is 19.7. The van der Waals surface area contributed by atoms with E-state index < -0.39 is 261 Å². The Bertz CT molecular complexity index is 1480. The summed E-state index contributed by atoms with van der Waals surface area (Å²) in [4.78, 5) is 0. The van der Waals surface area contributed by atoms with Crippen LogP contribution in [0.2, 0.25) is 0 Å². The van der Waals surface area contributed by atoms with Crippen molar-refractivity contribution in [1.29, 1.82) is 0 Å². The summed E-state index contributed by atoms with van der Waals surface area (Å²) in [6.07, 6.45) is -70.2. The summed E-state index contributed by atoms with van der Waals surface area (Å²) < 4.78 is 79.5. The van der Waals surface area contributed by atoms with Gasteiger partial charge in [0.1, 0.15) is 171 Å². The van der Waals surface area contributed by atoms with Crippen molar-refractivity contribution in [3.8, 4) is 0 Å². The molecule has 38 heteroatoms. The third-order valence-electron chi connectivity index (χ3n) is 14.8. The molecule has 37 nitrogen and oxygen atoms in total. The van der Waals surface area contributed by atoms with Crippen LogP contribution >= 0.6 is 0 Å². The summed E-state index contributed by atoms with van der Waals surface area (Å²) in [5, 5.41) is 230. The van der Waals surface area contributed by atoms with Crippen LogP contribution < -0.4 is 0 Å². The van der Waals surface area contributed by atoms with Crippen molar-refractivity contribution in [2.75, 3.05) is 46.2 Å². The molecule has 21 aliphatic heterocycles. The first-order valence-electron chi connectivity index (χ1n) is 24.6. The van der Waals surface area contributed by atoms with Gasteiger partial charge in [0, 0.05) is 0 Å². The zero-order valence-corrected chi connectivity index (χ0v) is 42.4. The smallest absolute Gasteiger partial charge is 0.870 e. The molecule has 21 heterocycles. The number of hydrogen-bond donors (Lipinski definition) is 21. The first kappa shape index (κ1) is 69.8. The molecular weight excluding hydrogens is 1160 g/mol. The molecular formula is C42H72CuO37. The molecule has 0 unspecified atom stereocenters. The van der Waals surface area contributed by atoms with Crippen LogP contribution in [0.15, 0.2) is 0 Å². The molecule has 21 aliphatic rings. The largest absolute Gasteiger partial charge is 2.00 e. The Hall–Kier alpha value is -0.961. The number of rotatable bonds is 7. The second kappa shape index (κ2) is 29.6. The number of aliphatic hydroxyl groups is 21. The van der Waals surface area contributed by atoms with Crippen molar-refractivity contribution in [3.05, 3.63) is 0 Å². The van der Waals surface area contributed by atoms with E-state index in [0.717, 1.165) is 0 Å². The summed E-state index contributed by atoms with van der Waals surface area (Å²) in [5.41, 5.74) is 0. The monoisotopic (exact) mass is 1230 g/mol. The van der Waals surface area contributed by atoms with Crippen LogP contribution in [0.1, 0.15) is 0 Å². The minimum atomic E-state index is -2.21. The van der Waals surface area contributed by atoms with Gasteiger partial charge in [0.25, 0.3) is 0 Å². The van der Waals surface area contributed by atoms with E-state index >= 15 is 0 Å². The molecule has 21 saturated heterocycles. The molecule has 0 amide bonds. The maximum Gasteiger partial charge on any atom is 2.00 e. The predicted molar refractivity (Wildman–Crippen MR) is 232 cm³/mol. The normalized spacial score (nSPS) is 53.3. The van der Waals surface area contributed by atoms with Crippen LogP contribution in [0, 0.1) is 0 Å². The fraction of sp³-hybridized carbons (Fsp3) is 1.00. The maximum atomic E-state index is 11.3. The van der Waals surface area contributed by atoms with Crippen LogP contribution in [0.4, 0.5) is 0 Å². The van der Waals surface area contributed by atoms with Gasteiger partial charge >= 0.3 is 17.1 Å². The van der Waals surface area contributed by atoms with E-state index in [0.29, 0.717) is 0 Å². The molecule has 1 radical (unpaired) electrons. The van der Waals surface area contributed by atoms with Crippen molar-refractivity contribution in [2.24, 2.45) is 0 Å². The Labute approximate surface area is 461 Å². The Morgan fingerprint density at radius 1 is 0.175 bits per heavy atom. The molecule has 14 bridgehead atoms. The minimum absolute atomic E-state index is 0. The van der Waals surface area contributed by atoms with Gasteiger partial charge < -0.3 is 185 Å². The van der Waals surface area contributed by atoms with E-state index in [4.69, 9.17) is 66.3 Å². The van der Waals surface area contributed by atoms with Crippen molar-refractivity contribution >= 4 is 0 Å². The van der Waals surface area contributed by atoms with Crippen LogP contribution in [-0.2, 0) is 83.4 Å². The molecule has 0 saturated carbocycles. The van der Waals surface area contributed by atoms with Crippen LogP contribution in [0.3, 0.4) is 0 Å². The molecule has 0 spiro atoms. The molecule has 0 aromatic rings. The predicted octanol–water partition coefficient (Wildman–Crippen LogP) is -15.6. The fourth-order valence-corrected chi connectivity index (χ4v) is 10.4. The van der Waals surface area contributed by atoms with Gasteiger partial charge in [-0.3, -0.25) is 0 Å². The SMILES string of the molecule is OC[C@H]1O[C@@H]2O[C@H]3[C@H](O)[C@@H](O)[C@@H](O[C@H]4[C@H](O)[C@@H](O)[C@@H](O[C@H]5[C@H](O)[C@@H](O)[C@@H](O[C@H]6[C@H](O)[C@@H](O)[C@@H](O[C@H]7[C@H](O)[C@@H](O)[C@@H](O[C@H]8[C@H](O)[C@@H](O)[C@@H](O[C@H]1[C@H](O)[C@H]2O)O[C@@H]8CO)O[C@@H]7CO)O[C@@H]6CO)O[C@@H]5CO)O[C@@H]4CO)O[C@@H]3CO.[Cu+2].[OH-].[OH-]. The number of ether oxygens (including phenoxy) is 14. The Morgan fingerprint density at radius 3 is 0.362 bits per heavy atom. The van der Waals surface area contributed by atoms with Crippen molar-refractivity contribution in [1.82, 2.24) is 0 Å². The van der Waals surface area contributed by atoms with E-state index in [9.17, 15) is 107 Å². The second-order valence-electron chi connectivity index (χ2n) is 19.7. The van der Waals surface area contributed by atoms with E-state index in [1.807, 2.05) is 0 Å². The Morgan fingerprint density at radius 2 is 0.275 bits per heavy atom. The summed E-state index contributed by atoms with van der Waals surface area (Å²) in [7, 11) is 0. The number of aliphatic hydroxyl groups excluding tert-OH is 21. The van der Waals surface area contributed by atoms with Gasteiger partial charge in [-0.2, -0.15) is 0 Å². The molecule has 80 heavy (non-hydrogen) atoms. The number of hydrogen-bond acceptors (Lipinski definition) is 37. The molecule has 0 aromatic carbocycles. The standard InChI is InChI=1S/C42H70O35.Cu.2H2O/c43-1-8-29-15(50)22(57)36(64-8)72-30-9(2-44)66-38(24(59)17(30)52)74-32-11(4-46)68-40(26(61)19(32)54)76-34-13(6-48)70-42(28(63)21(34)56)77-35-14(7-49)69-41(27(62)20(35)55)75-33-12(5-47)67-39(25(60)18(33)53)73-31-10(3-45)65-37(71-29)23(58)16(31)51;;;/h8-63H,1-7H2;;2*1H2/q;+2;;/p-2/t8-,9-,10-,11-,12-,13-,14-,15-,16-,17-,18-,19-,20-,21-,22-,23-,24-,25-,26-,27-,28-,29-,30-,31-,32-,33-,34-,35-,36-,37-,38-,39-,40-,41-,42-;;;/m1.../s1. The minimum Gasteiger partial charge on any atom is -0.870 e. The van der Waals surface area contributed by atoms with Gasteiger partial charge in [-0.05, 0) is 0 Å². The van der Waals surface area contributed by atoms with Gasteiger partial charge in [0.2, 0.25) is 0 Å². The van der Waals surface area contributed by atoms with E-state index in [2.05, 4.69) is 0 Å². The van der Waals surface area contributed by atoms with Crippen molar-refractivity contribution in [2.45, 2.75) is 215 Å². The summed E-state index contributed by atoms with van der Waals surface area (Å²) in [5.74, 6) is 0. The average molecular weight is 1230 g/mol. The van der Waals surface area contributed by atoms with Crippen molar-refractivity contribution < 1.29 is 202 Å². The molecule has 0 aliphatic carbocycles. The Balaban J connectivity index is 0.00000392. The third-order valence-corrected chi connectivity index (χ3v) is 14.8. The van der Waals surface area contributed by atoms with Crippen LogP contribution in [-0.4, -0.2) is 379 Å². The van der Waals surface area contributed by atoms with Gasteiger partial charge in [0.05, 0.1) is 46.2 Å². The Kier molecular flexibility index (Phi) is 25.8. The zero-order valence-electron chi connectivity index (χ0n) is 41.5. The van der Waals surface area contributed by atoms with Gasteiger partial charge in [-0.15, -0.1) is 0 Å². The molecule has 473 valence electrons. The summed E-state index contributed by atoms with van der Waals surface area (Å²) in [6, 6.07) is 0. The topological polar surface area (TPSA) is 614 Å². The molecule has 21 rings (SSSR count). The van der Waals surface area contributed by atoms with Gasteiger partial charge in [-0.1, -0.05) is 0 Å². The van der Waals surface area contributed by atoms with Gasteiger partial charge in [-0.25, -0.2) is 0 Å². The first-order valence-corrected chi connectivity index (χ1v) is 24.6. The zero-order chi connectivity index (χ0) is 56.1. The third kappa shape index (κ3) is 13.6. The molecule has 23 N–H and O–H groups in total. The molecule has 0 aromatic heterocycles. The maximum absolute atomic E-state index is 11.3. The molecule has 35 atom stereocenters. The summed E-state index contributed by atoms with van der Waals surface area (Å²) >= 11 is 0. The fourth-order valence-electron chi connectivity index (χ4n) is 10.4. The van der Waals surface area contributed by atoms with E-state index in [-0.39, 0.29) is 28.0 Å². The average Bonchev–Trinajstić information content (AvgIpc) is 3.42. The van der Waals surface area contributed by atoms with Crippen molar-refractivity contribution in [3.63, 3.8) is 0 Å². The first-order chi connectivity index (χ1) is 36.7. The van der Waals surface area contributed by atoms with Crippen LogP contribution in [0.25, 0.3) is 0 Å². The molecule has 21 fully saturated rings. The van der Waals surface area contributed by atoms with Gasteiger partial charge in [0.15, 0.2) is 44.0 Å². The summed E-state index contributed by atoms with van der Waals surface area (Å²) in [6.45, 7) is -7.33.